The van der Waals surface area contributed by atoms with Crippen LogP contribution in [0.2, 0.25) is 0 Å². The SMILES string of the molecule is COc1ccccc1NC(N)=NCC1CCCN1CC1CCCCC1.I. The number of hydrogen-bond acceptors (Lipinski definition) is 3. The molecule has 0 bridgehead atoms. The van der Waals surface area contributed by atoms with Crippen molar-refractivity contribution in [3.05, 3.63) is 24.3 Å². The van der Waals surface area contributed by atoms with Crippen LogP contribution in [0, 0.1) is 5.92 Å². The number of para-hydroxylation sites is 2. The third-order valence-corrected chi connectivity index (χ3v) is 5.56. The molecule has 1 aromatic carbocycles. The predicted molar refractivity (Wildman–Crippen MR) is 120 cm³/mol. The van der Waals surface area contributed by atoms with Gasteiger partial charge in [0.25, 0.3) is 0 Å². The first kappa shape index (κ1) is 21.3. The lowest BCUT2D eigenvalue weighted by Crippen LogP contribution is -2.37. The van der Waals surface area contributed by atoms with Crippen molar-refractivity contribution in [1.29, 1.82) is 0 Å². The van der Waals surface area contributed by atoms with Crippen LogP contribution < -0.4 is 15.8 Å². The number of aliphatic imine (C=N–C) groups is 1. The first-order valence-corrected chi connectivity index (χ1v) is 9.70. The average Bonchev–Trinajstić information content (AvgIpc) is 3.08. The highest BCUT2D eigenvalue weighted by atomic mass is 127. The molecule has 1 atom stereocenters. The number of methoxy groups -OCH3 is 1. The van der Waals surface area contributed by atoms with Crippen LogP contribution in [-0.2, 0) is 0 Å². The van der Waals surface area contributed by atoms with Crippen molar-refractivity contribution in [2.24, 2.45) is 16.6 Å². The van der Waals surface area contributed by atoms with E-state index in [4.69, 9.17) is 10.5 Å². The molecule has 0 amide bonds. The zero-order chi connectivity index (χ0) is 17.5. The van der Waals surface area contributed by atoms with Gasteiger partial charge in [0, 0.05) is 12.6 Å². The number of nitrogens with two attached hydrogens (primary N) is 1. The third-order valence-electron chi connectivity index (χ3n) is 5.56. The third kappa shape index (κ3) is 6.01. The lowest BCUT2D eigenvalue weighted by molar-refractivity contribution is 0.191. The maximum Gasteiger partial charge on any atom is 0.193 e. The van der Waals surface area contributed by atoms with Gasteiger partial charge in [-0.1, -0.05) is 31.4 Å². The van der Waals surface area contributed by atoms with Gasteiger partial charge in [0.05, 0.1) is 19.3 Å². The Kier molecular flexibility index (Phi) is 8.98. The van der Waals surface area contributed by atoms with Gasteiger partial charge in [0.2, 0.25) is 0 Å². The Morgan fingerprint density at radius 3 is 2.73 bits per heavy atom. The minimum Gasteiger partial charge on any atom is -0.495 e. The average molecular weight is 472 g/mol. The first-order valence-electron chi connectivity index (χ1n) is 9.70. The molecule has 3 rings (SSSR count). The van der Waals surface area contributed by atoms with Gasteiger partial charge in [0.1, 0.15) is 5.75 Å². The van der Waals surface area contributed by atoms with Crippen LogP contribution in [0.4, 0.5) is 5.69 Å². The Labute approximate surface area is 174 Å². The highest BCUT2D eigenvalue weighted by Gasteiger charge is 2.27. The summed E-state index contributed by atoms with van der Waals surface area (Å²) in [7, 11) is 1.66. The summed E-state index contributed by atoms with van der Waals surface area (Å²) in [6, 6.07) is 8.31. The van der Waals surface area contributed by atoms with Gasteiger partial charge in [-0.15, -0.1) is 24.0 Å². The first-order chi connectivity index (χ1) is 12.3. The molecule has 0 radical (unpaired) electrons. The Bertz CT molecular complexity index is 575. The van der Waals surface area contributed by atoms with Crippen LogP contribution >= 0.6 is 24.0 Å². The summed E-state index contributed by atoms with van der Waals surface area (Å²) in [5.74, 6) is 2.14. The number of nitrogens with zero attached hydrogens (tertiary/aromatic N) is 2. The monoisotopic (exact) mass is 472 g/mol. The van der Waals surface area contributed by atoms with E-state index in [1.54, 1.807) is 7.11 Å². The van der Waals surface area contributed by atoms with Crippen molar-refractivity contribution in [2.45, 2.75) is 51.0 Å². The van der Waals surface area contributed by atoms with Gasteiger partial charge in [-0.25, -0.2) is 0 Å². The fourth-order valence-corrected chi connectivity index (χ4v) is 4.17. The summed E-state index contributed by atoms with van der Waals surface area (Å²) in [5, 5.41) is 3.17. The molecular weight excluding hydrogens is 439 g/mol. The lowest BCUT2D eigenvalue weighted by Gasteiger charge is -2.30. The zero-order valence-corrected chi connectivity index (χ0v) is 18.2. The number of anilines is 1. The maximum absolute atomic E-state index is 6.10. The van der Waals surface area contributed by atoms with Crippen molar-refractivity contribution >= 4 is 35.6 Å². The lowest BCUT2D eigenvalue weighted by atomic mass is 9.89. The fraction of sp³-hybridized carbons (Fsp3) is 0.650. The standard InChI is InChI=1S/C20H32N4O.HI/c1-25-19-12-6-5-11-18(19)23-20(21)22-14-17-10-7-13-24(17)15-16-8-3-2-4-9-16;/h5-6,11-12,16-17H,2-4,7-10,13-15H2,1H3,(H3,21,22,23);1H. The number of rotatable bonds is 6. The van der Waals surface area contributed by atoms with E-state index in [0.717, 1.165) is 23.9 Å². The summed E-state index contributed by atoms with van der Waals surface area (Å²) in [6.45, 7) is 3.25. The topological polar surface area (TPSA) is 62.9 Å². The second-order valence-electron chi connectivity index (χ2n) is 7.35. The zero-order valence-electron chi connectivity index (χ0n) is 15.8. The van der Waals surface area contributed by atoms with Gasteiger partial charge >= 0.3 is 0 Å². The fourth-order valence-electron chi connectivity index (χ4n) is 4.17. The molecule has 1 heterocycles. The van der Waals surface area contributed by atoms with Crippen LogP contribution in [0.25, 0.3) is 0 Å². The van der Waals surface area contributed by atoms with Gasteiger partial charge < -0.3 is 15.8 Å². The Morgan fingerprint density at radius 1 is 1.19 bits per heavy atom. The number of halogens is 1. The summed E-state index contributed by atoms with van der Waals surface area (Å²) in [4.78, 5) is 7.25. The molecule has 1 aromatic rings. The number of benzene rings is 1. The van der Waals surface area contributed by atoms with E-state index < -0.39 is 0 Å². The number of nitrogens with one attached hydrogen (secondary N) is 1. The van der Waals surface area contributed by atoms with E-state index >= 15 is 0 Å². The van der Waals surface area contributed by atoms with Crippen LogP contribution in [0.1, 0.15) is 44.9 Å². The van der Waals surface area contributed by atoms with Crippen molar-refractivity contribution < 1.29 is 4.74 Å². The van der Waals surface area contributed by atoms with E-state index in [9.17, 15) is 0 Å². The second-order valence-corrected chi connectivity index (χ2v) is 7.35. The molecule has 2 fully saturated rings. The molecule has 5 nitrogen and oxygen atoms in total. The Hall–Kier alpha value is -1.02. The molecule has 0 aromatic heterocycles. The van der Waals surface area contributed by atoms with Gasteiger partial charge in [-0.2, -0.15) is 0 Å². The highest BCUT2D eigenvalue weighted by Crippen LogP contribution is 2.28. The van der Waals surface area contributed by atoms with Crippen molar-refractivity contribution in [3.8, 4) is 5.75 Å². The summed E-state index contributed by atoms with van der Waals surface area (Å²) in [5.41, 5.74) is 6.96. The normalized spacial score (nSPS) is 22.0. The molecule has 26 heavy (non-hydrogen) atoms. The number of guanidine groups is 1. The summed E-state index contributed by atoms with van der Waals surface area (Å²) >= 11 is 0. The Balaban J connectivity index is 0.00000243. The number of ether oxygens (including phenoxy) is 1. The summed E-state index contributed by atoms with van der Waals surface area (Å²) in [6.07, 6.45) is 9.59. The van der Waals surface area contributed by atoms with Gasteiger partial charge in [-0.3, -0.25) is 9.89 Å². The smallest absolute Gasteiger partial charge is 0.193 e. The van der Waals surface area contributed by atoms with Crippen molar-refractivity contribution in [3.63, 3.8) is 0 Å². The van der Waals surface area contributed by atoms with E-state index in [0.29, 0.717) is 12.0 Å². The molecule has 1 aliphatic heterocycles. The molecule has 3 N–H and O–H groups in total. The number of likely N-dealkylation sites (tertiary alicyclic amines) is 1. The second kappa shape index (κ2) is 11.0. The predicted octanol–water partition coefficient (Wildman–Crippen LogP) is 4.08. The minimum atomic E-state index is 0. The Morgan fingerprint density at radius 2 is 1.96 bits per heavy atom. The molecule has 1 saturated carbocycles. The van der Waals surface area contributed by atoms with Crippen LogP contribution in [0.3, 0.4) is 0 Å². The van der Waals surface area contributed by atoms with E-state index in [-0.39, 0.29) is 24.0 Å². The van der Waals surface area contributed by atoms with Crippen LogP contribution in [0.15, 0.2) is 29.3 Å². The molecule has 1 unspecified atom stereocenters. The molecule has 146 valence electrons. The quantitative estimate of drug-likeness (QED) is 0.372. The molecule has 6 heteroatoms. The van der Waals surface area contributed by atoms with E-state index in [1.165, 1.54) is 58.0 Å². The van der Waals surface area contributed by atoms with Gasteiger partial charge in [0.15, 0.2) is 5.96 Å². The van der Waals surface area contributed by atoms with Gasteiger partial charge in [-0.05, 0) is 50.3 Å². The maximum atomic E-state index is 6.10. The molecule has 2 aliphatic rings. The highest BCUT2D eigenvalue weighted by molar-refractivity contribution is 14.0. The van der Waals surface area contributed by atoms with Crippen LogP contribution in [0.5, 0.6) is 5.75 Å². The molecule has 1 saturated heterocycles. The number of hydrogen-bond donors (Lipinski definition) is 2. The van der Waals surface area contributed by atoms with Crippen molar-refractivity contribution in [1.82, 2.24) is 4.90 Å². The largest absolute Gasteiger partial charge is 0.495 e. The van der Waals surface area contributed by atoms with E-state index in [1.807, 2.05) is 24.3 Å². The van der Waals surface area contributed by atoms with E-state index in [2.05, 4.69) is 15.2 Å². The molecule has 0 spiro atoms. The minimum absolute atomic E-state index is 0. The molecule has 1 aliphatic carbocycles. The summed E-state index contributed by atoms with van der Waals surface area (Å²) < 4.78 is 5.34. The molecular formula is C20H33IN4O. The van der Waals surface area contributed by atoms with Crippen molar-refractivity contribution in [2.75, 3.05) is 32.1 Å². The van der Waals surface area contributed by atoms with Crippen LogP contribution in [-0.4, -0.2) is 43.6 Å².